The fraction of sp³-hybridized carbons (Fsp3) is 0.250. The number of nitrogens with zero attached hydrogens (tertiary/aromatic N) is 4. The van der Waals surface area contributed by atoms with Crippen molar-refractivity contribution in [3.63, 3.8) is 0 Å². The van der Waals surface area contributed by atoms with E-state index < -0.39 is 47.4 Å². The van der Waals surface area contributed by atoms with E-state index in [1.807, 2.05) is 0 Å². The van der Waals surface area contributed by atoms with Crippen LogP contribution < -0.4 is 5.53 Å². The zero-order valence-electron chi connectivity index (χ0n) is 9.51. The van der Waals surface area contributed by atoms with Gasteiger partial charge in [0.1, 0.15) is 4.90 Å². The van der Waals surface area contributed by atoms with E-state index in [2.05, 4.69) is 5.11 Å². The molecule has 1 aromatic rings. The zero-order valence-corrected chi connectivity index (χ0v) is 10.3. The van der Waals surface area contributed by atoms with Gasteiger partial charge < -0.3 is 0 Å². The molecule has 0 N–H and O–H groups in total. The monoisotopic (exact) mass is 287 g/mol. The summed E-state index contributed by atoms with van der Waals surface area (Å²) in [5.41, 5.74) is 6.17. The molecule has 10 nitrogen and oxygen atoms in total. The molecule has 0 aromatic heterocycles. The van der Waals surface area contributed by atoms with Crippen molar-refractivity contribution in [2.75, 3.05) is 5.75 Å². The van der Waals surface area contributed by atoms with Crippen LogP contribution in [-0.2, 0) is 9.84 Å². The molecule has 101 valence electrons. The van der Waals surface area contributed by atoms with Crippen molar-refractivity contribution in [1.29, 1.82) is 0 Å². The van der Waals surface area contributed by atoms with E-state index in [1.165, 1.54) is 6.92 Å². The minimum atomic E-state index is -4.02. The predicted molar refractivity (Wildman–Crippen MR) is 61.7 cm³/mol. The van der Waals surface area contributed by atoms with Gasteiger partial charge in [-0.25, -0.2) is 8.42 Å². The van der Waals surface area contributed by atoms with Crippen LogP contribution >= 0.6 is 0 Å². The predicted octanol–water partition coefficient (Wildman–Crippen LogP) is 1.18. The normalized spacial score (nSPS) is 11.0. The molecule has 0 atom stereocenters. The Morgan fingerprint density at radius 3 is 2.21 bits per heavy atom. The van der Waals surface area contributed by atoms with Crippen molar-refractivity contribution in [3.05, 3.63) is 32.4 Å². The van der Waals surface area contributed by atoms with Crippen LogP contribution in [0.25, 0.3) is 0 Å². The van der Waals surface area contributed by atoms with Crippen LogP contribution in [0.15, 0.2) is 22.1 Å². The van der Waals surface area contributed by atoms with Gasteiger partial charge in [0.05, 0.1) is 21.7 Å². The Balaban J connectivity index is 3.84. The molecular weight excluding hydrogens is 280 g/mol. The molecule has 0 amide bonds. The molecule has 19 heavy (non-hydrogen) atoms. The number of hydrogen-bond acceptors (Lipinski definition) is 7. The first kappa shape index (κ1) is 14.6. The quantitative estimate of drug-likeness (QED) is 0.449. The second kappa shape index (κ2) is 5.06. The molecule has 1 rings (SSSR count). The first-order valence-electron chi connectivity index (χ1n) is 4.79. The fourth-order valence-corrected chi connectivity index (χ4v) is 2.37. The minimum absolute atomic E-state index is 0.451. The van der Waals surface area contributed by atoms with Crippen molar-refractivity contribution in [1.82, 2.24) is 5.53 Å². The first-order chi connectivity index (χ1) is 8.74. The summed E-state index contributed by atoms with van der Waals surface area (Å²) in [6, 6.07) is 1.16. The lowest BCUT2D eigenvalue weighted by Crippen LogP contribution is -2.06. The Bertz CT molecular complexity index is 668. The molecule has 0 saturated heterocycles. The van der Waals surface area contributed by atoms with Crippen LogP contribution in [-0.4, -0.2) is 24.0 Å². The molecule has 0 unspecified atom stereocenters. The highest BCUT2D eigenvalue weighted by Crippen LogP contribution is 2.38. The highest BCUT2D eigenvalue weighted by Gasteiger charge is 2.30. The van der Waals surface area contributed by atoms with E-state index in [-0.39, 0.29) is 0 Å². The number of sulfone groups is 1. The van der Waals surface area contributed by atoms with Gasteiger partial charge in [0, 0.05) is 6.07 Å². The summed E-state index contributed by atoms with van der Waals surface area (Å²) in [5, 5.41) is 23.9. The van der Waals surface area contributed by atoms with Crippen LogP contribution in [0.1, 0.15) is 6.92 Å². The number of non-ortho nitro benzene ring substituents is 1. The summed E-state index contributed by atoms with van der Waals surface area (Å²) in [7, 11) is -4.02. The smallest absolute Gasteiger partial charge is 0.258 e. The van der Waals surface area contributed by atoms with E-state index in [9.17, 15) is 28.6 Å². The molecule has 0 saturated carbocycles. The van der Waals surface area contributed by atoms with Gasteiger partial charge in [-0.2, -0.15) is 0 Å². The molecule has 0 fully saturated rings. The molecule has 0 aliphatic carbocycles. The van der Waals surface area contributed by atoms with E-state index in [0.717, 1.165) is 0 Å². The maximum absolute atomic E-state index is 11.7. The van der Waals surface area contributed by atoms with Gasteiger partial charge in [0.15, 0.2) is 15.5 Å². The maximum Gasteiger partial charge on any atom is 0.305 e. The second-order valence-electron chi connectivity index (χ2n) is 3.33. The summed E-state index contributed by atoms with van der Waals surface area (Å²) in [5.74, 6) is -0.451. The molecule has 1 aromatic carbocycles. The van der Waals surface area contributed by atoms with E-state index in [4.69, 9.17) is 5.53 Å². The molecule has 0 bridgehead atoms. The third kappa shape index (κ3) is 2.70. The van der Waals surface area contributed by atoms with Crippen LogP contribution in [0.2, 0.25) is 0 Å². The Hall–Kier alpha value is -2.43. The summed E-state index contributed by atoms with van der Waals surface area (Å²) < 4.78 is 23.4. The number of benzene rings is 1. The Morgan fingerprint density at radius 1 is 1.26 bits per heavy atom. The van der Waals surface area contributed by atoms with Crippen molar-refractivity contribution in [2.45, 2.75) is 11.8 Å². The molecule has 1 radical (unpaired) electrons. The van der Waals surface area contributed by atoms with E-state index in [0.29, 0.717) is 12.1 Å². The third-order valence-electron chi connectivity index (χ3n) is 2.26. The number of nitro benzene ring substituents is 2. The largest absolute Gasteiger partial charge is 0.305 e. The number of rotatable bonds is 5. The highest BCUT2D eigenvalue weighted by atomic mass is 32.2. The maximum atomic E-state index is 11.7. The first-order valence-corrected chi connectivity index (χ1v) is 6.44. The fourth-order valence-electron chi connectivity index (χ4n) is 1.32. The van der Waals surface area contributed by atoms with Gasteiger partial charge >= 0.3 is 5.69 Å². The van der Waals surface area contributed by atoms with Crippen molar-refractivity contribution in [3.8, 4) is 0 Å². The lowest BCUT2D eigenvalue weighted by atomic mass is 10.2. The topological polar surface area (TPSA) is 155 Å². The Kier molecular flexibility index (Phi) is 3.89. The average Bonchev–Trinajstić information content (AvgIpc) is 2.36. The summed E-state index contributed by atoms with van der Waals surface area (Å²) in [6.45, 7) is 1.25. The van der Waals surface area contributed by atoms with Crippen molar-refractivity contribution < 1.29 is 18.3 Å². The van der Waals surface area contributed by atoms with Crippen LogP contribution in [0.3, 0.4) is 0 Å². The van der Waals surface area contributed by atoms with Crippen LogP contribution in [0.4, 0.5) is 17.1 Å². The molecule has 0 spiro atoms. The van der Waals surface area contributed by atoms with Gasteiger partial charge in [-0.3, -0.25) is 20.2 Å². The molecule has 0 aliphatic heterocycles. The molecule has 0 aliphatic rings. The average molecular weight is 287 g/mol. The highest BCUT2D eigenvalue weighted by molar-refractivity contribution is 7.91. The number of nitro groups is 2. The van der Waals surface area contributed by atoms with Gasteiger partial charge in [0.2, 0.25) is 0 Å². The third-order valence-corrected chi connectivity index (χ3v) is 4.00. The van der Waals surface area contributed by atoms with Crippen LogP contribution in [0.5, 0.6) is 0 Å². The lowest BCUT2D eigenvalue weighted by molar-refractivity contribution is -0.394. The summed E-state index contributed by atoms with van der Waals surface area (Å²) in [6.07, 6.45) is 0. The van der Waals surface area contributed by atoms with Gasteiger partial charge in [-0.05, 0) is 5.53 Å². The van der Waals surface area contributed by atoms with E-state index in [1.54, 1.807) is 0 Å². The second-order valence-corrected chi connectivity index (χ2v) is 5.58. The van der Waals surface area contributed by atoms with Gasteiger partial charge in [0.25, 0.3) is 5.69 Å². The summed E-state index contributed by atoms with van der Waals surface area (Å²) >= 11 is 0. The van der Waals surface area contributed by atoms with Crippen molar-refractivity contribution >= 4 is 26.9 Å². The molecule has 11 heteroatoms. The van der Waals surface area contributed by atoms with E-state index >= 15 is 0 Å². The zero-order chi connectivity index (χ0) is 14.8. The van der Waals surface area contributed by atoms with Crippen molar-refractivity contribution in [2.24, 2.45) is 5.11 Å². The minimum Gasteiger partial charge on any atom is -0.258 e. The van der Waals surface area contributed by atoms with Crippen LogP contribution in [0, 0.1) is 20.2 Å². The number of hydrogen-bond donors (Lipinski definition) is 0. The van der Waals surface area contributed by atoms with Gasteiger partial charge in [-0.1, -0.05) is 6.92 Å². The standard InChI is InChI=1S/C8H7N4O6S/c1-2-19(17,18)7-4-5(11(13)14)3-6(12(15)16)8(7)10-9/h3-4H,2H2,1H3. The lowest BCUT2D eigenvalue weighted by Gasteiger charge is -2.04. The molecular formula is C8H7N4O6S. The Labute approximate surface area is 106 Å². The SMILES string of the molecule is CCS(=O)(=O)c1cc([N+](=O)[O-])cc([N+](=O)[O-])c1N=[N]. The van der Waals surface area contributed by atoms with Gasteiger partial charge in [-0.15, -0.1) is 5.11 Å². The summed E-state index contributed by atoms with van der Waals surface area (Å²) in [4.78, 5) is 18.6. The molecule has 0 heterocycles. The Morgan fingerprint density at radius 2 is 1.84 bits per heavy atom.